The third kappa shape index (κ3) is 1.93. The quantitative estimate of drug-likeness (QED) is 0.453. The molecule has 0 aliphatic carbocycles. The number of amides is 1. The fourth-order valence-corrected chi connectivity index (χ4v) is 5.25. The normalized spacial score (nSPS) is 18.5. The van der Waals surface area contributed by atoms with Crippen molar-refractivity contribution in [1.29, 1.82) is 0 Å². The molecule has 1 aliphatic rings. The minimum Gasteiger partial charge on any atom is -0.361 e. The van der Waals surface area contributed by atoms with Crippen molar-refractivity contribution in [2.45, 2.75) is 5.41 Å². The Kier molecular flexibility index (Phi) is 3.34. The van der Waals surface area contributed by atoms with Gasteiger partial charge in [0.1, 0.15) is 5.41 Å². The number of H-pyrrole nitrogens is 1. The minimum atomic E-state index is -0.911. The second-order valence-corrected chi connectivity index (χ2v) is 8.05. The lowest BCUT2D eigenvalue weighted by Gasteiger charge is -2.28. The fraction of sp³-hybridized carbons (Fsp3) is 0.115. The SMILES string of the molecule is CN1C(=O)C(c2c[nH]c3ccccc23)(c2cn(C)c3ccccc23)c2ccccc21. The van der Waals surface area contributed by atoms with Crippen molar-refractivity contribution < 1.29 is 4.79 Å². The van der Waals surface area contributed by atoms with Crippen LogP contribution < -0.4 is 4.90 Å². The van der Waals surface area contributed by atoms with Gasteiger partial charge in [0.2, 0.25) is 5.91 Å². The summed E-state index contributed by atoms with van der Waals surface area (Å²) in [5.41, 5.74) is 5.24. The Morgan fingerprint density at radius 3 is 2.33 bits per heavy atom. The van der Waals surface area contributed by atoms with Crippen molar-refractivity contribution >= 4 is 33.4 Å². The smallest absolute Gasteiger partial charge is 0.246 e. The van der Waals surface area contributed by atoms with E-state index in [1.807, 2.05) is 62.8 Å². The van der Waals surface area contributed by atoms with E-state index in [2.05, 4.69) is 46.1 Å². The molecule has 146 valence electrons. The number of carbonyl (C=O) groups excluding carboxylic acids is 1. The molecule has 6 rings (SSSR count). The molecule has 3 aromatic carbocycles. The monoisotopic (exact) mass is 391 g/mol. The molecule has 0 bridgehead atoms. The van der Waals surface area contributed by atoms with Crippen molar-refractivity contribution in [1.82, 2.24) is 9.55 Å². The number of aromatic nitrogens is 2. The number of aryl methyl sites for hydroxylation is 1. The van der Waals surface area contributed by atoms with Gasteiger partial charge in [-0.25, -0.2) is 0 Å². The largest absolute Gasteiger partial charge is 0.361 e. The first-order valence-electron chi connectivity index (χ1n) is 10.1. The van der Waals surface area contributed by atoms with Crippen LogP contribution >= 0.6 is 0 Å². The Hall–Kier alpha value is -3.79. The van der Waals surface area contributed by atoms with E-state index in [9.17, 15) is 4.79 Å². The maximum absolute atomic E-state index is 14.2. The van der Waals surface area contributed by atoms with E-state index in [4.69, 9.17) is 0 Å². The first-order valence-corrected chi connectivity index (χ1v) is 10.1. The van der Waals surface area contributed by atoms with Gasteiger partial charge in [-0.05, 0) is 18.2 Å². The van der Waals surface area contributed by atoms with Crippen molar-refractivity contribution in [3.05, 3.63) is 102 Å². The lowest BCUT2D eigenvalue weighted by atomic mass is 9.70. The van der Waals surface area contributed by atoms with Gasteiger partial charge in [0.15, 0.2) is 0 Å². The number of aromatic amines is 1. The first kappa shape index (κ1) is 17.1. The number of rotatable bonds is 2. The third-order valence-corrected chi connectivity index (χ3v) is 6.59. The maximum Gasteiger partial charge on any atom is 0.246 e. The maximum atomic E-state index is 14.2. The number of fused-ring (bicyclic) bond motifs is 3. The number of benzene rings is 3. The van der Waals surface area contributed by atoms with E-state index in [1.54, 1.807) is 4.90 Å². The molecule has 0 saturated heterocycles. The van der Waals surface area contributed by atoms with Gasteiger partial charge in [-0.1, -0.05) is 54.6 Å². The summed E-state index contributed by atoms with van der Waals surface area (Å²) in [4.78, 5) is 19.4. The number of hydrogen-bond donors (Lipinski definition) is 1. The Balaban J connectivity index is 1.83. The van der Waals surface area contributed by atoms with Gasteiger partial charge in [0, 0.05) is 70.7 Å². The van der Waals surface area contributed by atoms with Crippen molar-refractivity contribution in [2.75, 3.05) is 11.9 Å². The lowest BCUT2D eigenvalue weighted by Crippen LogP contribution is -2.40. The highest BCUT2D eigenvalue weighted by Crippen LogP contribution is 2.53. The Bertz CT molecular complexity index is 1460. The third-order valence-electron chi connectivity index (χ3n) is 6.59. The molecule has 4 heteroatoms. The molecule has 0 spiro atoms. The van der Waals surface area contributed by atoms with Gasteiger partial charge in [-0.2, -0.15) is 0 Å². The molecule has 0 radical (unpaired) electrons. The molecule has 1 N–H and O–H groups in total. The molecule has 4 nitrogen and oxygen atoms in total. The average molecular weight is 391 g/mol. The standard InChI is InChI=1S/C26H21N3O/c1-28-16-21(18-10-4-7-13-23(18)28)26(20-15-27-22-12-6-3-9-17(20)22)19-11-5-8-14-24(19)29(2)25(26)30/h3-16,27H,1-2H3. The van der Waals surface area contributed by atoms with Crippen LogP contribution in [0.15, 0.2) is 85.2 Å². The Labute approximate surface area is 174 Å². The molecule has 1 aliphatic heterocycles. The number of anilines is 1. The van der Waals surface area contributed by atoms with Crippen molar-refractivity contribution in [3.8, 4) is 0 Å². The number of hydrogen-bond acceptors (Lipinski definition) is 1. The predicted molar refractivity (Wildman–Crippen MR) is 121 cm³/mol. The van der Waals surface area contributed by atoms with Gasteiger partial charge in [0.25, 0.3) is 0 Å². The second kappa shape index (κ2) is 5.86. The zero-order chi connectivity index (χ0) is 20.5. The van der Waals surface area contributed by atoms with E-state index in [0.29, 0.717) is 0 Å². The van der Waals surface area contributed by atoms with Crippen LogP contribution in [-0.4, -0.2) is 22.5 Å². The zero-order valence-electron chi connectivity index (χ0n) is 16.9. The number of nitrogens with zero attached hydrogens (tertiary/aromatic N) is 2. The van der Waals surface area contributed by atoms with E-state index in [1.165, 1.54) is 0 Å². The summed E-state index contributed by atoms with van der Waals surface area (Å²) in [6.45, 7) is 0. The average Bonchev–Trinajstić information content (AvgIpc) is 3.42. The molecule has 5 aromatic rings. The van der Waals surface area contributed by atoms with Gasteiger partial charge in [-0.15, -0.1) is 0 Å². The Morgan fingerprint density at radius 2 is 1.47 bits per heavy atom. The van der Waals surface area contributed by atoms with Gasteiger partial charge in [-0.3, -0.25) is 4.79 Å². The lowest BCUT2D eigenvalue weighted by molar-refractivity contribution is -0.120. The number of carbonyl (C=O) groups is 1. The van der Waals surface area contributed by atoms with E-state index in [-0.39, 0.29) is 5.91 Å². The molecule has 3 heterocycles. The van der Waals surface area contributed by atoms with E-state index >= 15 is 0 Å². The summed E-state index contributed by atoms with van der Waals surface area (Å²) >= 11 is 0. The van der Waals surface area contributed by atoms with Crippen LogP contribution in [0.3, 0.4) is 0 Å². The number of likely N-dealkylation sites (N-methyl/N-ethyl adjacent to an activating group) is 1. The molecule has 1 atom stereocenters. The highest BCUT2D eigenvalue weighted by atomic mass is 16.2. The fourth-order valence-electron chi connectivity index (χ4n) is 5.25. The van der Waals surface area contributed by atoms with Crippen LogP contribution in [0.1, 0.15) is 16.7 Å². The molecule has 0 fully saturated rings. The molecule has 2 aromatic heterocycles. The summed E-state index contributed by atoms with van der Waals surface area (Å²) in [7, 11) is 3.92. The van der Waals surface area contributed by atoms with Gasteiger partial charge >= 0.3 is 0 Å². The molecule has 1 unspecified atom stereocenters. The molecular weight excluding hydrogens is 370 g/mol. The van der Waals surface area contributed by atoms with Crippen LogP contribution in [0.2, 0.25) is 0 Å². The Morgan fingerprint density at radius 1 is 0.767 bits per heavy atom. The van der Waals surface area contributed by atoms with Crippen LogP contribution in [0.25, 0.3) is 21.8 Å². The van der Waals surface area contributed by atoms with Gasteiger partial charge in [0.05, 0.1) is 0 Å². The van der Waals surface area contributed by atoms with Crippen LogP contribution in [0, 0.1) is 0 Å². The van der Waals surface area contributed by atoms with Crippen molar-refractivity contribution in [2.24, 2.45) is 7.05 Å². The minimum absolute atomic E-state index is 0.0739. The molecule has 30 heavy (non-hydrogen) atoms. The zero-order valence-corrected chi connectivity index (χ0v) is 16.9. The molecule has 1 amide bonds. The summed E-state index contributed by atoms with van der Waals surface area (Å²) < 4.78 is 2.12. The first-order chi connectivity index (χ1) is 14.6. The summed E-state index contributed by atoms with van der Waals surface area (Å²) in [6, 6.07) is 24.7. The highest BCUT2D eigenvalue weighted by Gasteiger charge is 2.54. The topological polar surface area (TPSA) is 41.0 Å². The number of nitrogens with one attached hydrogen (secondary N) is 1. The van der Waals surface area contributed by atoms with Crippen LogP contribution in [0.5, 0.6) is 0 Å². The summed E-state index contributed by atoms with van der Waals surface area (Å²) in [5.74, 6) is 0.0739. The highest BCUT2D eigenvalue weighted by molar-refractivity contribution is 6.16. The molecule has 0 saturated carbocycles. The van der Waals surface area contributed by atoms with E-state index < -0.39 is 5.41 Å². The second-order valence-electron chi connectivity index (χ2n) is 8.05. The van der Waals surface area contributed by atoms with E-state index in [0.717, 1.165) is 44.2 Å². The summed E-state index contributed by atoms with van der Waals surface area (Å²) in [5, 5.41) is 2.17. The molecular formula is C26H21N3O. The van der Waals surface area contributed by atoms with Crippen LogP contribution in [0.4, 0.5) is 5.69 Å². The van der Waals surface area contributed by atoms with Gasteiger partial charge < -0.3 is 14.5 Å². The summed E-state index contributed by atoms with van der Waals surface area (Å²) in [6.07, 6.45) is 4.14. The van der Waals surface area contributed by atoms with Crippen LogP contribution in [-0.2, 0) is 17.3 Å². The number of para-hydroxylation sites is 3. The predicted octanol–water partition coefficient (Wildman–Crippen LogP) is 4.97. The van der Waals surface area contributed by atoms with Crippen molar-refractivity contribution in [3.63, 3.8) is 0 Å².